The molecule has 2 aliphatic rings. The summed E-state index contributed by atoms with van der Waals surface area (Å²) in [5.41, 5.74) is 1.41. The van der Waals surface area contributed by atoms with Gasteiger partial charge in [0.25, 0.3) is 17.7 Å². The molecule has 2 heterocycles. The second kappa shape index (κ2) is 8.71. The maximum Gasteiger partial charge on any atom is 0.338 e. The van der Waals surface area contributed by atoms with Gasteiger partial charge in [0, 0.05) is 12.6 Å². The number of piperidine rings is 1. The fraction of sp³-hybridized carbons (Fsp3) is 0.333. The molecular weight excluding hydrogens is 396 g/mol. The first-order valence-electron chi connectivity index (χ1n) is 10.5. The van der Waals surface area contributed by atoms with E-state index in [2.05, 4.69) is 0 Å². The maximum absolute atomic E-state index is 12.8. The van der Waals surface area contributed by atoms with Gasteiger partial charge in [-0.05, 0) is 49.9 Å². The number of amides is 3. The minimum absolute atomic E-state index is 0.138. The lowest BCUT2D eigenvalue weighted by Crippen LogP contribution is -2.44. The second-order valence-corrected chi connectivity index (χ2v) is 7.95. The number of imide groups is 1. The van der Waals surface area contributed by atoms with Crippen LogP contribution in [0.15, 0.2) is 48.5 Å². The Kier molecular flexibility index (Phi) is 5.84. The lowest BCUT2D eigenvalue weighted by molar-refractivity contribution is -0.137. The third kappa shape index (κ3) is 4.21. The van der Waals surface area contributed by atoms with Crippen LogP contribution in [0, 0.1) is 0 Å². The SMILES string of the molecule is C[C@@H]1CCCCN1C(=O)COC(=O)c1ccc2c(c1)C(=O)N(Cc1ccccc1)C2=O. The number of fused-ring (bicyclic) bond motifs is 1. The highest BCUT2D eigenvalue weighted by atomic mass is 16.5. The van der Waals surface area contributed by atoms with Crippen LogP contribution < -0.4 is 0 Å². The van der Waals surface area contributed by atoms with Crippen molar-refractivity contribution in [3.05, 3.63) is 70.8 Å². The number of likely N-dealkylation sites (tertiary alicyclic amines) is 1. The predicted octanol–water partition coefficient (Wildman–Crippen LogP) is 3.04. The summed E-state index contributed by atoms with van der Waals surface area (Å²) in [5, 5.41) is 0. The van der Waals surface area contributed by atoms with Crippen LogP contribution in [0.4, 0.5) is 0 Å². The molecule has 0 aliphatic carbocycles. The van der Waals surface area contributed by atoms with Crippen LogP contribution in [-0.2, 0) is 16.1 Å². The summed E-state index contributed by atoms with van der Waals surface area (Å²) in [6.45, 7) is 2.48. The fourth-order valence-corrected chi connectivity index (χ4v) is 4.09. The number of carbonyl (C=O) groups excluding carboxylic acids is 4. The second-order valence-electron chi connectivity index (χ2n) is 7.95. The Morgan fingerprint density at radius 2 is 1.74 bits per heavy atom. The molecule has 7 nitrogen and oxygen atoms in total. The molecule has 160 valence electrons. The number of benzene rings is 2. The predicted molar refractivity (Wildman–Crippen MR) is 112 cm³/mol. The van der Waals surface area contributed by atoms with Gasteiger partial charge in [0.2, 0.25) is 0 Å². The van der Waals surface area contributed by atoms with Crippen molar-refractivity contribution in [3.63, 3.8) is 0 Å². The molecule has 0 bridgehead atoms. The van der Waals surface area contributed by atoms with E-state index < -0.39 is 17.8 Å². The molecule has 2 aromatic carbocycles. The van der Waals surface area contributed by atoms with E-state index in [9.17, 15) is 19.2 Å². The fourth-order valence-electron chi connectivity index (χ4n) is 4.09. The molecule has 0 radical (unpaired) electrons. The van der Waals surface area contributed by atoms with Gasteiger partial charge in [0.05, 0.1) is 23.2 Å². The number of esters is 1. The normalized spacial score (nSPS) is 18.2. The zero-order chi connectivity index (χ0) is 22.0. The molecule has 4 rings (SSSR count). The van der Waals surface area contributed by atoms with Crippen LogP contribution in [0.1, 0.15) is 62.8 Å². The Hall–Kier alpha value is -3.48. The largest absolute Gasteiger partial charge is 0.452 e. The Morgan fingerprint density at radius 1 is 1.00 bits per heavy atom. The van der Waals surface area contributed by atoms with Gasteiger partial charge < -0.3 is 9.64 Å². The molecule has 31 heavy (non-hydrogen) atoms. The lowest BCUT2D eigenvalue weighted by Gasteiger charge is -2.33. The monoisotopic (exact) mass is 420 g/mol. The van der Waals surface area contributed by atoms with Crippen LogP contribution in [-0.4, -0.2) is 52.7 Å². The summed E-state index contributed by atoms with van der Waals surface area (Å²) in [5.74, 6) is -1.75. The summed E-state index contributed by atoms with van der Waals surface area (Å²) in [6.07, 6.45) is 2.98. The Bertz CT molecular complexity index is 1030. The molecule has 1 fully saturated rings. The zero-order valence-electron chi connectivity index (χ0n) is 17.4. The quantitative estimate of drug-likeness (QED) is 0.548. The van der Waals surface area contributed by atoms with Crippen molar-refractivity contribution < 1.29 is 23.9 Å². The van der Waals surface area contributed by atoms with Gasteiger partial charge in [-0.3, -0.25) is 19.3 Å². The lowest BCUT2D eigenvalue weighted by atomic mass is 10.0. The van der Waals surface area contributed by atoms with Crippen molar-refractivity contribution in [1.82, 2.24) is 9.80 Å². The van der Waals surface area contributed by atoms with E-state index >= 15 is 0 Å². The van der Waals surface area contributed by atoms with E-state index in [0.29, 0.717) is 6.54 Å². The van der Waals surface area contributed by atoms with Gasteiger partial charge in [0.15, 0.2) is 6.61 Å². The topological polar surface area (TPSA) is 84.0 Å². The Morgan fingerprint density at radius 3 is 2.48 bits per heavy atom. The van der Waals surface area contributed by atoms with Crippen molar-refractivity contribution >= 4 is 23.7 Å². The van der Waals surface area contributed by atoms with Crippen LogP contribution in [0.3, 0.4) is 0 Å². The first-order chi connectivity index (χ1) is 15.0. The molecule has 0 spiro atoms. The average Bonchev–Trinajstić information content (AvgIpc) is 3.02. The van der Waals surface area contributed by atoms with Crippen molar-refractivity contribution in [3.8, 4) is 0 Å². The molecule has 1 atom stereocenters. The minimum atomic E-state index is -0.692. The number of ether oxygens (including phenoxy) is 1. The van der Waals surface area contributed by atoms with Crippen molar-refractivity contribution in [2.24, 2.45) is 0 Å². The zero-order valence-corrected chi connectivity index (χ0v) is 17.4. The van der Waals surface area contributed by atoms with Crippen molar-refractivity contribution in [2.75, 3.05) is 13.2 Å². The molecule has 0 unspecified atom stereocenters. The van der Waals surface area contributed by atoms with E-state index in [0.717, 1.165) is 29.7 Å². The molecule has 2 aromatic rings. The third-order valence-corrected chi connectivity index (χ3v) is 5.84. The van der Waals surface area contributed by atoms with E-state index in [4.69, 9.17) is 4.74 Å². The number of hydrogen-bond donors (Lipinski definition) is 0. The van der Waals surface area contributed by atoms with Crippen LogP contribution in [0.2, 0.25) is 0 Å². The molecule has 3 amide bonds. The molecule has 0 N–H and O–H groups in total. The molecule has 0 saturated carbocycles. The smallest absolute Gasteiger partial charge is 0.338 e. The van der Waals surface area contributed by atoms with Gasteiger partial charge in [-0.1, -0.05) is 30.3 Å². The van der Waals surface area contributed by atoms with Gasteiger partial charge in [-0.15, -0.1) is 0 Å². The molecular formula is C24H24N2O5. The number of nitrogens with zero attached hydrogens (tertiary/aromatic N) is 2. The summed E-state index contributed by atoms with van der Waals surface area (Å²) >= 11 is 0. The average molecular weight is 420 g/mol. The van der Waals surface area contributed by atoms with E-state index in [1.54, 1.807) is 4.90 Å². The summed E-state index contributed by atoms with van der Waals surface area (Å²) in [4.78, 5) is 53.2. The van der Waals surface area contributed by atoms with Crippen LogP contribution in [0.5, 0.6) is 0 Å². The molecule has 2 aliphatic heterocycles. The van der Waals surface area contributed by atoms with Gasteiger partial charge in [-0.2, -0.15) is 0 Å². The molecule has 1 saturated heterocycles. The van der Waals surface area contributed by atoms with Crippen molar-refractivity contribution in [1.29, 1.82) is 0 Å². The third-order valence-electron chi connectivity index (χ3n) is 5.84. The number of rotatable bonds is 5. The summed E-state index contributed by atoms with van der Waals surface area (Å²) in [6, 6.07) is 13.6. The maximum atomic E-state index is 12.8. The molecule has 7 heteroatoms. The van der Waals surface area contributed by atoms with Gasteiger partial charge >= 0.3 is 5.97 Å². The highest BCUT2D eigenvalue weighted by Gasteiger charge is 2.36. The van der Waals surface area contributed by atoms with Crippen LogP contribution in [0.25, 0.3) is 0 Å². The minimum Gasteiger partial charge on any atom is -0.452 e. The van der Waals surface area contributed by atoms with Gasteiger partial charge in [0.1, 0.15) is 0 Å². The van der Waals surface area contributed by atoms with E-state index in [1.165, 1.54) is 18.2 Å². The highest BCUT2D eigenvalue weighted by Crippen LogP contribution is 2.26. The number of hydrogen-bond acceptors (Lipinski definition) is 5. The first-order valence-corrected chi connectivity index (χ1v) is 10.5. The van der Waals surface area contributed by atoms with Gasteiger partial charge in [-0.25, -0.2) is 4.79 Å². The standard InChI is InChI=1S/C24H24N2O5/c1-16-7-5-6-12-25(16)21(27)15-31-24(30)18-10-11-19-20(13-18)23(29)26(22(19)28)14-17-8-3-2-4-9-17/h2-4,8-11,13,16H,5-7,12,14-15H2,1H3/t16-/m1/s1. The Labute approximate surface area is 180 Å². The number of carbonyl (C=O) groups is 4. The summed E-state index contributed by atoms with van der Waals surface area (Å²) in [7, 11) is 0. The van der Waals surface area contributed by atoms with E-state index in [1.807, 2.05) is 37.3 Å². The van der Waals surface area contributed by atoms with Crippen molar-refractivity contribution in [2.45, 2.75) is 38.8 Å². The van der Waals surface area contributed by atoms with E-state index in [-0.39, 0.29) is 41.8 Å². The highest BCUT2D eigenvalue weighted by molar-refractivity contribution is 6.21. The Balaban J connectivity index is 1.43. The molecule has 0 aromatic heterocycles. The summed E-state index contributed by atoms with van der Waals surface area (Å²) < 4.78 is 5.20. The van der Waals surface area contributed by atoms with Crippen LogP contribution >= 0.6 is 0 Å². The first kappa shape index (κ1) is 20.8.